The van der Waals surface area contributed by atoms with Crippen molar-refractivity contribution in [1.29, 1.82) is 21.6 Å². The van der Waals surface area contributed by atoms with Gasteiger partial charge in [-0.25, -0.2) is 19.9 Å². The molecular formula is C90H84Cl4N20O9S5. The van der Waals surface area contributed by atoms with Crippen molar-refractivity contribution in [3.05, 3.63) is 300 Å². The number of benzene rings is 4. The average molecular weight is 1890 g/mol. The first kappa shape index (κ1) is 93.0. The van der Waals surface area contributed by atoms with E-state index in [1.54, 1.807) is 191 Å². The number of hydrogen-bond acceptors (Lipinski definition) is 22. The minimum atomic E-state index is -0.376. The van der Waals surface area contributed by atoms with Crippen LogP contribution in [0.15, 0.2) is 216 Å². The number of amidine groups is 4. The van der Waals surface area contributed by atoms with Crippen molar-refractivity contribution in [1.82, 2.24) is 39.5 Å². The Balaban J connectivity index is 0.000000146. The lowest BCUT2D eigenvalue weighted by Gasteiger charge is -2.29. The van der Waals surface area contributed by atoms with Crippen LogP contribution < -0.4 is 42.5 Å². The number of nitrogens with zero attached hydrogens (tertiary/aromatic N) is 8. The molecule has 1 unspecified atom stereocenters. The summed E-state index contributed by atoms with van der Waals surface area (Å²) in [6.07, 6.45) is 11.4. The molecule has 4 aliphatic heterocycles. The summed E-state index contributed by atoms with van der Waals surface area (Å²) in [6, 6.07) is 47.8. The molecule has 0 saturated carbocycles. The minimum Gasteiger partial charge on any atom is -0.378 e. The van der Waals surface area contributed by atoms with Crippen LogP contribution in [0.2, 0.25) is 20.1 Å². The molecule has 29 nitrogen and oxygen atoms in total. The summed E-state index contributed by atoms with van der Waals surface area (Å²) in [7, 11) is 0. The van der Waals surface area contributed by atoms with Crippen molar-refractivity contribution in [2.75, 3.05) is 113 Å². The smallest absolute Gasteiger partial charge is 0.269 e. The Morgan fingerprint density at radius 1 is 0.320 bits per heavy atom. The second-order valence-corrected chi connectivity index (χ2v) is 35.5. The minimum absolute atomic E-state index is 0.321. The molecule has 128 heavy (non-hydrogen) atoms. The Bertz CT molecular complexity index is 5540. The number of pyridine rings is 4. The van der Waals surface area contributed by atoms with Gasteiger partial charge in [0.05, 0.1) is 56.1 Å². The number of likely N-dealkylation sites (tertiary alicyclic amines) is 2. The third kappa shape index (κ3) is 25.4. The highest BCUT2D eigenvalue weighted by Crippen LogP contribution is 2.31. The molecule has 0 aliphatic carbocycles. The lowest BCUT2D eigenvalue weighted by molar-refractivity contribution is 0.0680. The van der Waals surface area contributed by atoms with Crippen LogP contribution in [0.3, 0.4) is 0 Å². The van der Waals surface area contributed by atoms with Crippen molar-refractivity contribution < 1.29 is 43.1 Å². The average Bonchev–Trinajstić information content (AvgIpc) is 1.76. The molecule has 16 rings (SSSR count). The van der Waals surface area contributed by atoms with E-state index in [4.69, 9.17) is 72.8 Å². The van der Waals surface area contributed by atoms with Gasteiger partial charge in [-0.05, 0) is 182 Å². The number of morpholine rings is 1. The van der Waals surface area contributed by atoms with Crippen molar-refractivity contribution in [2.45, 2.75) is 45.1 Å². The Hall–Kier alpha value is -12.6. The Morgan fingerprint density at radius 2 is 0.594 bits per heavy atom. The molecule has 12 heterocycles. The van der Waals surface area contributed by atoms with Crippen LogP contribution in [0.4, 0.5) is 46.0 Å². The van der Waals surface area contributed by atoms with Crippen LogP contribution >= 0.6 is 104 Å². The van der Waals surface area contributed by atoms with E-state index >= 15 is 0 Å². The second kappa shape index (κ2) is 45.2. The van der Waals surface area contributed by atoms with E-state index in [1.165, 1.54) is 76.6 Å². The lowest BCUT2D eigenvalue weighted by atomic mass is 10.1. The summed E-state index contributed by atoms with van der Waals surface area (Å²) < 4.78 is 5.32. The van der Waals surface area contributed by atoms with Gasteiger partial charge >= 0.3 is 0 Å². The van der Waals surface area contributed by atoms with Crippen LogP contribution in [0.1, 0.15) is 141 Å². The van der Waals surface area contributed by atoms with Gasteiger partial charge < -0.3 is 66.9 Å². The van der Waals surface area contributed by atoms with Gasteiger partial charge in [0.25, 0.3) is 47.3 Å². The van der Waals surface area contributed by atoms with Gasteiger partial charge in [-0.15, -0.1) is 45.3 Å². The number of thiophene rings is 4. The first-order valence-corrected chi connectivity index (χ1v) is 46.3. The summed E-state index contributed by atoms with van der Waals surface area (Å²) in [4.78, 5) is 127. The molecular weight excluding hydrogens is 1810 g/mol. The van der Waals surface area contributed by atoms with Gasteiger partial charge in [-0.1, -0.05) is 94.9 Å². The normalized spacial score (nSPS) is 14.0. The third-order valence-corrected chi connectivity index (χ3v) is 25.7. The zero-order valence-electron chi connectivity index (χ0n) is 68.5. The molecule has 0 radical (unpaired) electrons. The van der Waals surface area contributed by atoms with Crippen molar-refractivity contribution >= 4 is 220 Å². The molecule has 4 aromatic carbocycles. The number of ether oxygens (including phenoxy) is 1. The highest BCUT2D eigenvalue weighted by atomic mass is 35.5. The molecule has 4 saturated heterocycles. The molecule has 12 N–H and O–H groups in total. The quantitative estimate of drug-likeness (QED) is 0.0249. The lowest BCUT2D eigenvalue weighted by Crippen LogP contribution is -2.40. The first-order valence-electron chi connectivity index (χ1n) is 40.2. The molecule has 1 atom stereocenters. The number of piperidine rings is 1. The second-order valence-electron chi connectivity index (χ2n) is 28.9. The number of anilines is 8. The largest absolute Gasteiger partial charge is 0.378 e. The third-order valence-electron chi connectivity index (χ3n) is 20.2. The van der Waals surface area contributed by atoms with Crippen LogP contribution in [0, 0.1) is 21.6 Å². The van der Waals surface area contributed by atoms with Crippen LogP contribution in [-0.4, -0.2) is 187 Å². The van der Waals surface area contributed by atoms with E-state index in [9.17, 15) is 38.4 Å². The van der Waals surface area contributed by atoms with E-state index in [1.807, 2.05) is 16.7 Å². The van der Waals surface area contributed by atoms with Crippen LogP contribution in [-0.2, 0) is 4.74 Å². The maximum Gasteiger partial charge on any atom is 0.269 e. The highest BCUT2D eigenvalue weighted by Gasteiger charge is 2.27. The zero-order chi connectivity index (χ0) is 90.2. The molecule has 8 aromatic heterocycles. The fraction of sp³-hybridized carbons (Fsp3) is 0.200. The van der Waals surface area contributed by atoms with Crippen molar-refractivity contribution in [3.8, 4) is 0 Å². The van der Waals surface area contributed by atoms with E-state index in [0.29, 0.717) is 164 Å². The topological polar surface area (TPSA) is 402 Å². The maximum absolute atomic E-state index is 12.7. The summed E-state index contributed by atoms with van der Waals surface area (Å²) in [5, 5.41) is 64.4. The predicted molar refractivity (Wildman–Crippen MR) is 513 cm³/mol. The predicted octanol–water partition coefficient (Wildman–Crippen LogP) is 18.9. The zero-order valence-corrected chi connectivity index (χ0v) is 75.6. The van der Waals surface area contributed by atoms with Gasteiger partial charge in [0.15, 0.2) is 0 Å². The van der Waals surface area contributed by atoms with Gasteiger partial charge in [0.2, 0.25) is 0 Å². The maximum atomic E-state index is 12.7. The highest BCUT2D eigenvalue weighted by molar-refractivity contribution is 7.99. The number of nitrogens with one attached hydrogen (secondary N) is 12. The number of thioether (sulfide) groups is 1. The SMILES string of the molecule is CC1CCCN1C(=N)c1ccc(C(=O)Nc2ccsc2C(=O)Nc2ccc(Cl)cn2)cc1.N=C(c1ccc(C(=O)Nc2ccsc2C(=O)Nc2ccc(Cl)cn2)cc1)N1CCCCC1.N=C(c1ccc(C(=O)Nc2ccsc2C(=O)Nc2ccc(Cl)cn2)cc1)N1CCOCC1.N=C(c1ccc(C(=O)Nc2ccsc2C(=O)Nc2ccc(Cl)cn2)cc1)N1CCSCC1. The number of hydrogen-bond donors (Lipinski definition) is 12. The Kier molecular flexibility index (Phi) is 32.9. The van der Waals surface area contributed by atoms with Gasteiger partial charge in [0, 0.05) is 133 Å². The fourth-order valence-corrected chi connectivity index (χ4v) is 17.7. The number of carbonyl (C=O) groups is 8. The number of carbonyl (C=O) groups excluding carboxylic acids is 8. The van der Waals surface area contributed by atoms with Gasteiger partial charge in [-0.2, -0.15) is 11.8 Å². The molecule has 656 valence electrons. The van der Waals surface area contributed by atoms with E-state index in [2.05, 4.69) is 84.1 Å². The number of amides is 8. The molecule has 0 bridgehead atoms. The van der Waals surface area contributed by atoms with Crippen LogP contribution in [0.5, 0.6) is 0 Å². The molecule has 12 aromatic rings. The van der Waals surface area contributed by atoms with Crippen molar-refractivity contribution in [3.63, 3.8) is 0 Å². The number of rotatable bonds is 20. The molecule has 4 aliphatic rings. The summed E-state index contributed by atoms with van der Waals surface area (Å²) >= 11 is 30.1. The number of aromatic nitrogens is 4. The van der Waals surface area contributed by atoms with Gasteiger partial charge in [0.1, 0.15) is 66.1 Å². The number of halogens is 4. The summed E-state index contributed by atoms with van der Waals surface area (Å²) in [5.41, 5.74) is 6.56. The van der Waals surface area contributed by atoms with Crippen LogP contribution in [0.25, 0.3) is 0 Å². The molecule has 8 amide bonds. The fourth-order valence-electron chi connectivity index (χ4n) is 13.4. The molecule has 0 spiro atoms. The van der Waals surface area contributed by atoms with E-state index < -0.39 is 0 Å². The van der Waals surface area contributed by atoms with Crippen molar-refractivity contribution in [2.24, 2.45) is 0 Å². The Labute approximate surface area is 776 Å². The van der Waals surface area contributed by atoms with Gasteiger partial charge in [-0.3, -0.25) is 60.0 Å². The first-order chi connectivity index (χ1) is 61.9. The Morgan fingerprint density at radius 3 is 0.867 bits per heavy atom. The molecule has 38 heteroatoms. The summed E-state index contributed by atoms with van der Waals surface area (Å²) in [6.45, 7) is 9.09. The standard InChI is InChI=1S/2C23H22ClN5O2S.C22H20ClN5O3S.C22H20ClN5O2S2/c1-14-3-2-11-29(14)21(25)15-4-6-16(7-5-15)22(30)27-18-10-12-32-20(18)23(31)28-19-9-8-17(24)13-26-19;24-17-8-9-19(26-14-17)28-23(31)20-18(10-13-32-20)27-22(30)16-6-4-15(5-7-16)21(25)29-11-2-1-3-12-29;23-16-5-6-18(25-13-16)27-22(30)19-17(7-12-32-19)26-21(29)15-3-1-14(2-4-15)20(24)28-8-10-31-11-9-28;23-16-5-6-18(25-13-16)27-22(30)19-17(7-10-32-19)26-21(29)15-3-1-14(2-4-15)20(24)28-8-11-31-12-9-28/h4-10,12-14,25H,2-3,11H2,1H3,(H,27,30)(H,26,28,31);4-10,13-14,25H,1-3,11-12H2,(H,27,30)(H,26,28,31);1-7,12-13,24H,8-11H2,(H,26,29)(H,25,27,30);1-7,10,13,24H,8-9,11-12H2,(H,26,29)(H,25,27,30). The molecule has 4 fully saturated rings. The van der Waals surface area contributed by atoms with E-state index in [0.717, 1.165) is 92.2 Å². The summed E-state index contributed by atoms with van der Waals surface area (Å²) in [5.74, 6) is 2.59. The monoisotopic (exact) mass is 1890 g/mol. The van der Waals surface area contributed by atoms with E-state index in [-0.39, 0.29) is 47.3 Å².